The predicted octanol–water partition coefficient (Wildman–Crippen LogP) is 5.48. The molecule has 0 bridgehead atoms. The second-order valence-electron chi connectivity index (χ2n) is 7.34. The Morgan fingerprint density at radius 2 is 1.68 bits per heavy atom. The van der Waals surface area contributed by atoms with Gasteiger partial charge in [-0.25, -0.2) is 0 Å². The topological polar surface area (TPSA) is 26.0 Å². The molecule has 0 aromatic heterocycles. The Balaban J connectivity index is 4.20. The third kappa shape index (κ3) is 7.60. The average molecular weight is 288 g/mol. The summed E-state index contributed by atoms with van der Waals surface area (Å²) < 4.78 is 0. The van der Waals surface area contributed by atoms with Gasteiger partial charge in [0.25, 0.3) is 0 Å². The first-order valence-corrected chi connectivity index (χ1v) is 9.09. The smallest absolute Gasteiger partial charge is 0.0148 e. The van der Waals surface area contributed by atoms with Gasteiger partial charge in [-0.1, -0.05) is 41.0 Å². The first kappa shape index (κ1) is 19.3. The Hall–Kier alpha value is 0.310. The van der Waals surface area contributed by atoms with E-state index in [1.54, 1.807) is 0 Å². The normalized spacial score (nSPS) is 16.4. The van der Waals surface area contributed by atoms with E-state index in [0.717, 1.165) is 11.2 Å². The van der Waals surface area contributed by atoms with Crippen molar-refractivity contribution in [2.24, 2.45) is 17.1 Å². The van der Waals surface area contributed by atoms with E-state index in [-0.39, 0.29) is 11.0 Å². The van der Waals surface area contributed by atoms with Gasteiger partial charge in [0, 0.05) is 10.8 Å². The van der Waals surface area contributed by atoms with Crippen LogP contribution < -0.4 is 5.73 Å². The van der Waals surface area contributed by atoms with E-state index < -0.39 is 0 Å². The molecule has 0 aliphatic rings. The van der Waals surface area contributed by atoms with Crippen LogP contribution >= 0.6 is 11.8 Å². The molecular formula is C17H37NS. The fraction of sp³-hybridized carbons (Fsp3) is 1.00. The van der Waals surface area contributed by atoms with Gasteiger partial charge in [-0.15, -0.1) is 0 Å². The average Bonchev–Trinajstić information content (AvgIpc) is 2.30. The highest BCUT2D eigenvalue weighted by Crippen LogP contribution is 2.36. The molecule has 0 rings (SSSR count). The number of nitrogens with two attached hydrogens (primary N) is 1. The Morgan fingerprint density at radius 3 is 2.11 bits per heavy atom. The zero-order chi connectivity index (χ0) is 15.1. The standard InChI is InChI=1S/C17H37NS/c1-8-12-19-14(3)13-15(9-2)10-11-16(4,5)17(6,7)18/h14-15H,8-13,18H2,1-7H3. The molecule has 0 aliphatic carbocycles. The van der Waals surface area contributed by atoms with Gasteiger partial charge in [-0.3, -0.25) is 0 Å². The summed E-state index contributed by atoms with van der Waals surface area (Å²) in [5.74, 6) is 2.17. The second-order valence-corrected chi connectivity index (χ2v) is 8.88. The quantitative estimate of drug-likeness (QED) is 0.576. The SMILES string of the molecule is CCCSC(C)CC(CC)CCC(C)(C)C(C)(C)N. The highest BCUT2D eigenvalue weighted by atomic mass is 32.2. The van der Waals surface area contributed by atoms with Crippen molar-refractivity contribution in [1.82, 2.24) is 0 Å². The second kappa shape index (κ2) is 8.56. The lowest BCUT2D eigenvalue weighted by atomic mass is 9.70. The van der Waals surface area contributed by atoms with Crippen LogP contribution in [0.25, 0.3) is 0 Å². The summed E-state index contributed by atoms with van der Waals surface area (Å²) in [6, 6.07) is 0. The molecule has 0 aliphatic heterocycles. The molecule has 0 saturated carbocycles. The minimum absolute atomic E-state index is 0.0894. The van der Waals surface area contributed by atoms with Crippen LogP contribution in [0.15, 0.2) is 0 Å². The maximum Gasteiger partial charge on any atom is 0.0148 e. The van der Waals surface area contributed by atoms with Crippen molar-refractivity contribution in [3.8, 4) is 0 Å². The van der Waals surface area contributed by atoms with Crippen LogP contribution in [-0.2, 0) is 0 Å². The van der Waals surface area contributed by atoms with Crippen LogP contribution in [0.3, 0.4) is 0 Å². The molecule has 0 radical (unpaired) electrons. The van der Waals surface area contributed by atoms with Gasteiger partial charge in [-0.05, 0) is 56.6 Å². The molecule has 1 nitrogen and oxygen atoms in total. The van der Waals surface area contributed by atoms with Crippen LogP contribution in [0, 0.1) is 11.3 Å². The van der Waals surface area contributed by atoms with Crippen LogP contribution in [0.1, 0.15) is 80.6 Å². The number of thioether (sulfide) groups is 1. The largest absolute Gasteiger partial charge is 0.325 e. The van der Waals surface area contributed by atoms with E-state index in [1.807, 2.05) is 0 Å². The van der Waals surface area contributed by atoms with Gasteiger partial charge in [-0.2, -0.15) is 11.8 Å². The molecule has 19 heavy (non-hydrogen) atoms. The van der Waals surface area contributed by atoms with E-state index >= 15 is 0 Å². The Labute approximate surface area is 126 Å². The third-order valence-electron chi connectivity index (χ3n) is 4.77. The Kier molecular flexibility index (Phi) is 8.70. The summed E-state index contributed by atoms with van der Waals surface area (Å²) >= 11 is 2.13. The number of hydrogen-bond donors (Lipinski definition) is 1. The fourth-order valence-corrected chi connectivity index (χ4v) is 3.28. The molecule has 2 unspecified atom stereocenters. The summed E-state index contributed by atoms with van der Waals surface area (Å²) in [6.45, 7) is 15.9. The van der Waals surface area contributed by atoms with Gasteiger partial charge in [0.1, 0.15) is 0 Å². The summed E-state index contributed by atoms with van der Waals surface area (Å²) in [5.41, 5.74) is 6.44. The van der Waals surface area contributed by atoms with Crippen LogP contribution in [0.5, 0.6) is 0 Å². The highest BCUT2D eigenvalue weighted by molar-refractivity contribution is 7.99. The Bertz CT molecular complexity index is 230. The van der Waals surface area contributed by atoms with Gasteiger partial charge in [0.05, 0.1) is 0 Å². The molecule has 0 aromatic carbocycles. The lowest BCUT2D eigenvalue weighted by molar-refractivity contribution is 0.168. The van der Waals surface area contributed by atoms with Gasteiger partial charge in [0.15, 0.2) is 0 Å². The van der Waals surface area contributed by atoms with Crippen molar-refractivity contribution in [1.29, 1.82) is 0 Å². The molecule has 0 spiro atoms. The lowest BCUT2D eigenvalue weighted by Gasteiger charge is -2.39. The number of rotatable bonds is 10. The summed E-state index contributed by atoms with van der Waals surface area (Å²) in [5, 5.41) is 0.805. The monoisotopic (exact) mass is 287 g/mol. The van der Waals surface area contributed by atoms with E-state index in [1.165, 1.54) is 37.9 Å². The van der Waals surface area contributed by atoms with Crippen molar-refractivity contribution < 1.29 is 0 Å². The molecule has 0 aromatic rings. The summed E-state index contributed by atoms with van der Waals surface area (Å²) in [4.78, 5) is 0. The molecule has 0 amide bonds. The zero-order valence-corrected chi connectivity index (χ0v) is 15.2. The molecule has 2 heteroatoms. The zero-order valence-electron chi connectivity index (χ0n) is 14.4. The van der Waals surface area contributed by atoms with Crippen molar-refractivity contribution in [3.63, 3.8) is 0 Å². The Morgan fingerprint density at radius 1 is 1.11 bits per heavy atom. The summed E-state index contributed by atoms with van der Waals surface area (Å²) in [6.07, 6.45) is 6.52. The molecule has 0 fully saturated rings. The van der Waals surface area contributed by atoms with Crippen molar-refractivity contribution in [2.75, 3.05) is 5.75 Å². The van der Waals surface area contributed by atoms with Crippen molar-refractivity contribution in [2.45, 2.75) is 91.4 Å². The first-order valence-electron chi connectivity index (χ1n) is 8.04. The van der Waals surface area contributed by atoms with Crippen molar-refractivity contribution in [3.05, 3.63) is 0 Å². The predicted molar refractivity (Wildman–Crippen MR) is 91.9 cm³/mol. The van der Waals surface area contributed by atoms with Crippen LogP contribution in [0.2, 0.25) is 0 Å². The van der Waals surface area contributed by atoms with Crippen LogP contribution in [-0.4, -0.2) is 16.5 Å². The minimum atomic E-state index is -0.0894. The number of hydrogen-bond acceptors (Lipinski definition) is 2. The first-order chi connectivity index (χ1) is 8.64. The van der Waals surface area contributed by atoms with E-state index in [2.05, 4.69) is 60.2 Å². The molecule has 2 N–H and O–H groups in total. The molecular weight excluding hydrogens is 250 g/mol. The molecule has 0 heterocycles. The van der Waals surface area contributed by atoms with E-state index in [9.17, 15) is 0 Å². The van der Waals surface area contributed by atoms with E-state index in [0.29, 0.717) is 0 Å². The van der Waals surface area contributed by atoms with Gasteiger partial charge >= 0.3 is 0 Å². The molecule has 116 valence electrons. The lowest BCUT2D eigenvalue weighted by Crippen LogP contribution is -2.47. The van der Waals surface area contributed by atoms with E-state index in [4.69, 9.17) is 5.73 Å². The molecule has 0 saturated heterocycles. The maximum atomic E-state index is 6.30. The summed E-state index contributed by atoms with van der Waals surface area (Å²) in [7, 11) is 0. The highest BCUT2D eigenvalue weighted by Gasteiger charge is 2.33. The maximum absolute atomic E-state index is 6.30. The van der Waals surface area contributed by atoms with Crippen molar-refractivity contribution >= 4 is 11.8 Å². The third-order valence-corrected chi connectivity index (χ3v) is 6.18. The van der Waals surface area contributed by atoms with Crippen LogP contribution in [0.4, 0.5) is 0 Å². The minimum Gasteiger partial charge on any atom is -0.325 e. The molecule has 2 atom stereocenters. The van der Waals surface area contributed by atoms with Gasteiger partial charge in [0.2, 0.25) is 0 Å². The van der Waals surface area contributed by atoms with Gasteiger partial charge < -0.3 is 5.73 Å². The fourth-order valence-electron chi connectivity index (χ4n) is 2.23.